The van der Waals surface area contributed by atoms with E-state index in [1.54, 1.807) is 0 Å². The molecule has 0 spiro atoms. The van der Waals surface area contributed by atoms with E-state index in [0.29, 0.717) is 35.2 Å². The summed E-state index contributed by atoms with van der Waals surface area (Å²) in [6.07, 6.45) is 12.9. The van der Waals surface area contributed by atoms with Gasteiger partial charge in [-0.3, -0.25) is 9.59 Å². The van der Waals surface area contributed by atoms with E-state index in [1.807, 2.05) is 13.0 Å². The standard InChI is InChI=1S/C21H28O2/c1-3-7-13-12(4-2)20(22)18-11-17-14-8-5-6-9-15(14)21(23)19(17)10-16(13)18/h3-4,7,12-19H,2,5-6,8-11H2,1H3/b7-3-. The fourth-order valence-electron chi connectivity index (χ4n) is 6.58. The second-order valence-corrected chi connectivity index (χ2v) is 8.24. The van der Waals surface area contributed by atoms with Crippen molar-refractivity contribution in [3.63, 3.8) is 0 Å². The van der Waals surface area contributed by atoms with E-state index < -0.39 is 0 Å². The number of Topliss-reactive ketones (excluding diaryl/α,β-unsaturated/α-hetero) is 2. The van der Waals surface area contributed by atoms with Gasteiger partial charge in [-0.05, 0) is 56.3 Å². The van der Waals surface area contributed by atoms with Crippen LogP contribution in [0.3, 0.4) is 0 Å². The molecule has 124 valence electrons. The molecule has 4 aliphatic rings. The van der Waals surface area contributed by atoms with Gasteiger partial charge >= 0.3 is 0 Å². The number of carbonyl (C=O) groups is 2. The summed E-state index contributed by atoms with van der Waals surface area (Å²) < 4.78 is 0. The first-order valence-electron chi connectivity index (χ1n) is 9.50. The maximum Gasteiger partial charge on any atom is 0.143 e. The summed E-state index contributed by atoms with van der Waals surface area (Å²) in [5.41, 5.74) is 0. The highest BCUT2D eigenvalue weighted by molar-refractivity contribution is 5.90. The molecule has 23 heavy (non-hydrogen) atoms. The van der Waals surface area contributed by atoms with Crippen LogP contribution >= 0.6 is 0 Å². The molecular formula is C21H28O2. The van der Waals surface area contributed by atoms with Gasteiger partial charge in [0.1, 0.15) is 11.6 Å². The molecule has 0 N–H and O–H groups in total. The largest absolute Gasteiger partial charge is 0.299 e. The van der Waals surface area contributed by atoms with Crippen LogP contribution < -0.4 is 0 Å². The van der Waals surface area contributed by atoms with Gasteiger partial charge < -0.3 is 0 Å². The van der Waals surface area contributed by atoms with Crippen LogP contribution in [0.25, 0.3) is 0 Å². The van der Waals surface area contributed by atoms with Gasteiger partial charge in [-0.1, -0.05) is 31.1 Å². The Labute approximate surface area is 139 Å². The minimum atomic E-state index is -0.0303. The van der Waals surface area contributed by atoms with Crippen molar-refractivity contribution in [2.24, 2.45) is 47.3 Å². The van der Waals surface area contributed by atoms with Crippen molar-refractivity contribution in [2.75, 3.05) is 0 Å². The van der Waals surface area contributed by atoms with Gasteiger partial charge in [-0.2, -0.15) is 0 Å². The molecule has 0 aromatic rings. The van der Waals surface area contributed by atoms with Crippen LogP contribution in [0, 0.1) is 47.3 Å². The normalized spacial score (nSPS) is 49.1. The Kier molecular flexibility index (Phi) is 3.82. The van der Waals surface area contributed by atoms with Gasteiger partial charge in [0.25, 0.3) is 0 Å². The van der Waals surface area contributed by atoms with Gasteiger partial charge in [-0.25, -0.2) is 0 Å². The number of hydrogen-bond donors (Lipinski definition) is 0. The van der Waals surface area contributed by atoms with Gasteiger partial charge in [0.2, 0.25) is 0 Å². The van der Waals surface area contributed by atoms with E-state index >= 15 is 0 Å². The molecule has 0 bridgehead atoms. The molecule has 4 fully saturated rings. The summed E-state index contributed by atoms with van der Waals surface area (Å²) in [5.74, 6) is 3.37. The molecule has 0 amide bonds. The highest BCUT2D eigenvalue weighted by atomic mass is 16.1. The van der Waals surface area contributed by atoms with E-state index in [9.17, 15) is 9.59 Å². The first-order valence-corrected chi connectivity index (χ1v) is 9.50. The second-order valence-electron chi connectivity index (χ2n) is 8.24. The zero-order valence-corrected chi connectivity index (χ0v) is 14.1. The third-order valence-corrected chi connectivity index (χ3v) is 7.46. The Morgan fingerprint density at radius 3 is 2.35 bits per heavy atom. The molecule has 0 aromatic heterocycles. The fraction of sp³-hybridized carbons (Fsp3) is 0.714. The molecule has 4 saturated carbocycles. The van der Waals surface area contributed by atoms with Gasteiger partial charge in [0.15, 0.2) is 0 Å². The zero-order chi connectivity index (χ0) is 16.1. The maximum atomic E-state index is 12.9. The summed E-state index contributed by atoms with van der Waals surface area (Å²) in [6.45, 7) is 5.94. The zero-order valence-electron chi connectivity index (χ0n) is 14.1. The monoisotopic (exact) mass is 312 g/mol. The first kappa shape index (κ1) is 15.4. The van der Waals surface area contributed by atoms with E-state index in [2.05, 4.69) is 18.7 Å². The lowest BCUT2D eigenvalue weighted by atomic mass is 9.65. The Hall–Kier alpha value is -1.18. The number of rotatable bonds is 2. The summed E-state index contributed by atoms with van der Waals surface area (Å²) in [6, 6.07) is 0. The van der Waals surface area contributed by atoms with Crippen LogP contribution in [0.2, 0.25) is 0 Å². The number of ketones is 2. The first-order chi connectivity index (χ1) is 11.2. The minimum absolute atomic E-state index is 0.0303. The lowest BCUT2D eigenvalue weighted by Crippen LogP contribution is -2.34. The number of hydrogen-bond acceptors (Lipinski definition) is 2. The fourth-order valence-corrected chi connectivity index (χ4v) is 6.58. The molecule has 0 heterocycles. The Balaban J connectivity index is 1.65. The molecule has 8 unspecified atom stereocenters. The predicted octanol–water partition coefficient (Wildman–Crippen LogP) is 4.21. The molecule has 4 rings (SSSR count). The van der Waals surface area contributed by atoms with Gasteiger partial charge in [0, 0.05) is 23.7 Å². The highest BCUT2D eigenvalue weighted by Crippen LogP contribution is 2.59. The van der Waals surface area contributed by atoms with Crippen molar-refractivity contribution < 1.29 is 9.59 Å². The van der Waals surface area contributed by atoms with Gasteiger partial charge in [0.05, 0.1) is 0 Å². The average molecular weight is 312 g/mol. The second kappa shape index (κ2) is 5.72. The van der Waals surface area contributed by atoms with Crippen LogP contribution in [-0.2, 0) is 9.59 Å². The average Bonchev–Trinajstić information content (AvgIpc) is 3.00. The third kappa shape index (κ3) is 2.13. The number of allylic oxidation sites excluding steroid dienone is 3. The molecule has 2 nitrogen and oxygen atoms in total. The number of fused-ring (bicyclic) bond motifs is 4. The van der Waals surface area contributed by atoms with Crippen molar-refractivity contribution in [3.05, 3.63) is 24.8 Å². The Bertz CT molecular complexity index is 560. The van der Waals surface area contributed by atoms with E-state index in [1.165, 1.54) is 19.3 Å². The topological polar surface area (TPSA) is 34.1 Å². The maximum absolute atomic E-state index is 12.9. The molecule has 0 aliphatic heterocycles. The van der Waals surface area contributed by atoms with Crippen molar-refractivity contribution >= 4 is 11.6 Å². The van der Waals surface area contributed by atoms with Crippen LogP contribution in [0.1, 0.15) is 45.4 Å². The predicted molar refractivity (Wildman–Crippen MR) is 90.6 cm³/mol. The van der Waals surface area contributed by atoms with Crippen LogP contribution in [-0.4, -0.2) is 11.6 Å². The number of carbonyl (C=O) groups excluding carboxylic acids is 2. The quantitative estimate of drug-likeness (QED) is 0.716. The van der Waals surface area contributed by atoms with Crippen molar-refractivity contribution in [1.82, 2.24) is 0 Å². The molecule has 0 radical (unpaired) electrons. The van der Waals surface area contributed by atoms with Crippen LogP contribution in [0.5, 0.6) is 0 Å². The van der Waals surface area contributed by atoms with Crippen molar-refractivity contribution in [3.8, 4) is 0 Å². The SMILES string of the molecule is C=CC1C(=O)C2CC3C(CC2C1/C=C\C)C(=O)C1CCCCC13. The van der Waals surface area contributed by atoms with E-state index in [4.69, 9.17) is 0 Å². The Morgan fingerprint density at radius 2 is 1.61 bits per heavy atom. The van der Waals surface area contributed by atoms with Gasteiger partial charge in [-0.15, -0.1) is 6.58 Å². The molecule has 8 atom stereocenters. The summed E-state index contributed by atoms with van der Waals surface area (Å²) in [5, 5.41) is 0. The summed E-state index contributed by atoms with van der Waals surface area (Å²) in [4.78, 5) is 25.8. The smallest absolute Gasteiger partial charge is 0.143 e. The molecular weight excluding hydrogens is 284 g/mol. The van der Waals surface area contributed by atoms with E-state index in [0.717, 1.165) is 19.3 Å². The molecule has 0 aromatic carbocycles. The van der Waals surface area contributed by atoms with Crippen molar-refractivity contribution in [1.29, 1.82) is 0 Å². The summed E-state index contributed by atoms with van der Waals surface area (Å²) >= 11 is 0. The van der Waals surface area contributed by atoms with Crippen molar-refractivity contribution in [2.45, 2.75) is 45.4 Å². The minimum Gasteiger partial charge on any atom is -0.299 e. The molecule has 4 aliphatic carbocycles. The molecule has 2 heteroatoms. The lowest BCUT2D eigenvalue weighted by molar-refractivity contribution is -0.128. The highest BCUT2D eigenvalue weighted by Gasteiger charge is 2.59. The van der Waals surface area contributed by atoms with E-state index in [-0.39, 0.29) is 23.7 Å². The Morgan fingerprint density at radius 1 is 0.913 bits per heavy atom. The lowest BCUT2D eigenvalue weighted by Gasteiger charge is -2.37. The van der Waals surface area contributed by atoms with Crippen LogP contribution in [0.4, 0.5) is 0 Å². The molecule has 0 saturated heterocycles. The van der Waals surface area contributed by atoms with Crippen LogP contribution in [0.15, 0.2) is 24.8 Å². The summed E-state index contributed by atoms with van der Waals surface area (Å²) in [7, 11) is 0. The third-order valence-electron chi connectivity index (χ3n) is 7.46.